The lowest BCUT2D eigenvalue weighted by Gasteiger charge is -2.37. The van der Waals surface area contributed by atoms with Crippen molar-refractivity contribution in [3.05, 3.63) is 35.4 Å². The average molecular weight is 455 g/mol. The highest BCUT2D eigenvalue weighted by molar-refractivity contribution is 5.96. The maximum atomic E-state index is 13.2. The molecule has 2 amide bonds. The molecule has 32 heavy (non-hydrogen) atoms. The number of carbonyl (C=O) groups excluding carboxylic acids is 3. The van der Waals surface area contributed by atoms with E-state index >= 15 is 0 Å². The topological polar surface area (TPSA) is 70.2 Å². The van der Waals surface area contributed by atoms with Crippen LogP contribution in [0.1, 0.15) is 35.7 Å². The van der Waals surface area contributed by atoms with E-state index in [9.17, 15) is 27.6 Å². The molecule has 7 nitrogen and oxygen atoms in total. The average Bonchev–Trinajstić information content (AvgIpc) is 2.79. The molecular formula is C22H28F3N3O4. The number of alkyl halides is 3. The standard InChI is InChI=1S/C22H28F3N3O4/c1-2-32-21(31)16-6-5-9-28(14-16)19(29)15-26-10-12-27(13-11-26)20(30)17-7-3-4-8-18(17)22(23,24)25/h3-4,7-8,16H,2,5-6,9-15H2,1H3. The molecule has 2 heterocycles. The zero-order valence-electron chi connectivity index (χ0n) is 18.1. The molecule has 10 heteroatoms. The Bertz CT molecular complexity index is 838. The summed E-state index contributed by atoms with van der Waals surface area (Å²) in [5.74, 6) is -1.34. The van der Waals surface area contributed by atoms with Crippen LogP contribution in [0.2, 0.25) is 0 Å². The van der Waals surface area contributed by atoms with Gasteiger partial charge in [-0.25, -0.2) is 0 Å². The van der Waals surface area contributed by atoms with Gasteiger partial charge in [0.15, 0.2) is 0 Å². The Hall–Kier alpha value is -2.62. The van der Waals surface area contributed by atoms with E-state index in [1.807, 2.05) is 4.90 Å². The van der Waals surface area contributed by atoms with E-state index in [-0.39, 0.29) is 43.0 Å². The fraction of sp³-hybridized carbons (Fsp3) is 0.591. The van der Waals surface area contributed by atoms with E-state index < -0.39 is 17.6 Å². The number of amides is 2. The van der Waals surface area contributed by atoms with E-state index in [1.54, 1.807) is 11.8 Å². The molecule has 0 aliphatic carbocycles. The Morgan fingerprint density at radius 3 is 2.38 bits per heavy atom. The van der Waals surface area contributed by atoms with Crippen LogP contribution in [0.3, 0.4) is 0 Å². The van der Waals surface area contributed by atoms with Gasteiger partial charge in [-0.05, 0) is 31.9 Å². The first-order valence-corrected chi connectivity index (χ1v) is 10.8. The summed E-state index contributed by atoms with van der Waals surface area (Å²) in [6.07, 6.45) is -3.17. The highest BCUT2D eigenvalue weighted by atomic mass is 19.4. The smallest absolute Gasteiger partial charge is 0.417 e. The van der Waals surface area contributed by atoms with Crippen molar-refractivity contribution in [2.45, 2.75) is 25.9 Å². The molecule has 0 bridgehead atoms. The van der Waals surface area contributed by atoms with Crippen LogP contribution in [-0.4, -0.2) is 84.9 Å². The van der Waals surface area contributed by atoms with Crippen LogP contribution in [0, 0.1) is 5.92 Å². The predicted molar refractivity (Wildman–Crippen MR) is 110 cm³/mol. The van der Waals surface area contributed by atoms with Crippen LogP contribution in [0.4, 0.5) is 13.2 Å². The Morgan fingerprint density at radius 2 is 1.72 bits per heavy atom. The van der Waals surface area contributed by atoms with Gasteiger partial charge in [0.05, 0.1) is 30.2 Å². The molecule has 0 radical (unpaired) electrons. The van der Waals surface area contributed by atoms with Gasteiger partial charge in [-0.2, -0.15) is 13.2 Å². The van der Waals surface area contributed by atoms with Crippen molar-refractivity contribution in [2.24, 2.45) is 5.92 Å². The fourth-order valence-electron chi connectivity index (χ4n) is 4.14. The van der Waals surface area contributed by atoms with Gasteiger partial charge in [-0.15, -0.1) is 0 Å². The summed E-state index contributed by atoms with van der Waals surface area (Å²) < 4.78 is 44.7. The molecule has 2 aliphatic heterocycles. The monoisotopic (exact) mass is 455 g/mol. The summed E-state index contributed by atoms with van der Waals surface area (Å²) in [6, 6.07) is 4.78. The van der Waals surface area contributed by atoms with Gasteiger partial charge < -0.3 is 14.5 Å². The molecular weight excluding hydrogens is 427 g/mol. The summed E-state index contributed by atoms with van der Waals surface area (Å²) in [5, 5.41) is 0. The lowest BCUT2D eigenvalue weighted by Crippen LogP contribution is -2.53. The molecule has 1 atom stereocenters. The van der Waals surface area contributed by atoms with Gasteiger partial charge in [0, 0.05) is 39.3 Å². The second-order valence-corrected chi connectivity index (χ2v) is 8.04. The summed E-state index contributed by atoms with van der Waals surface area (Å²) in [6.45, 7) is 4.38. The molecule has 2 saturated heterocycles. The Labute approximate surface area is 185 Å². The summed E-state index contributed by atoms with van der Waals surface area (Å²) in [7, 11) is 0. The van der Waals surface area contributed by atoms with Crippen molar-refractivity contribution < 1.29 is 32.3 Å². The van der Waals surface area contributed by atoms with E-state index in [0.29, 0.717) is 39.2 Å². The molecule has 0 N–H and O–H groups in total. The van der Waals surface area contributed by atoms with Crippen LogP contribution in [-0.2, 0) is 20.5 Å². The van der Waals surface area contributed by atoms with Gasteiger partial charge >= 0.3 is 12.1 Å². The van der Waals surface area contributed by atoms with Gasteiger partial charge in [-0.1, -0.05) is 12.1 Å². The zero-order valence-corrected chi connectivity index (χ0v) is 18.1. The van der Waals surface area contributed by atoms with Crippen molar-refractivity contribution in [1.82, 2.24) is 14.7 Å². The molecule has 2 aliphatic rings. The Kier molecular flexibility index (Phi) is 7.76. The Morgan fingerprint density at radius 1 is 1.03 bits per heavy atom. The second kappa shape index (κ2) is 10.3. The predicted octanol–water partition coefficient (Wildman–Crippen LogP) is 2.26. The first-order valence-electron chi connectivity index (χ1n) is 10.8. The van der Waals surface area contributed by atoms with E-state index in [2.05, 4.69) is 0 Å². The number of hydrogen-bond donors (Lipinski definition) is 0. The number of esters is 1. The minimum atomic E-state index is -4.60. The highest BCUT2D eigenvalue weighted by Crippen LogP contribution is 2.32. The molecule has 0 spiro atoms. The zero-order chi connectivity index (χ0) is 23.3. The van der Waals surface area contributed by atoms with Gasteiger partial charge in [0.1, 0.15) is 0 Å². The van der Waals surface area contributed by atoms with E-state index in [0.717, 1.165) is 12.5 Å². The van der Waals surface area contributed by atoms with Gasteiger partial charge in [0.2, 0.25) is 5.91 Å². The summed E-state index contributed by atoms with van der Waals surface area (Å²) in [5.41, 5.74) is -1.30. The first-order chi connectivity index (χ1) is 15.2. The highest BCUT2D eigenvalue weighted by Gasteiger charge is 2.36. The van der Waals surface area contributed by atoms with E-state index in [1.165, 1.54) is 23.1 Å². The third kappa shape index (κ3) is 5.79. The number of rotatable bonds is 5. The van der Waals surface area contributed by atoms with Crippen molar-refractivity contribution >= 4 is 17.8 Å². The number of hydrogen-bond acceptors (Lipinski definition) is 5. The SMILES string of the molecule is CCOC(=O)C1CCCN(C(=O)CN2CCN(C(=O)c3ccccc3C(F)(F)F)CC2)C1. The number of likely N-dealkylation sites (tertiary alicyclic amines) is 1. The minimum Gasteiger partial charge on any atom is -0.466 e. The Balaban J connectivity index is 1.52. The van der Waals surface area contributed by atoms with Crippen molar-refractivity contribution in [2.75, 3.05) is 52.4 Å². The quantitative estimate of drug-likeness (QED) is 0.638. The number of ether oxygens (including phenoxy) is 1. The lowest BCUT2D eigenvalue weighted by atomic mass is 9.98. The number of piperidine rings is 1. The number of halogens is 3. The molecule has 1 aromatic carbocycles. The largest absolute Gasteiger partial charge is 0.466 e. The van der Waals surface area contributed by atoms with Crippen LogP contribution >= 0.6 is 0 Å². The van der Waals surface area contributed by atoms with Crippen LogP contribution in [0.25, 0.3) is 0 Å². The first kappa shape index (κ1) is 24.0. The van der Waals surface area contributed by atoms with Crippen LogP contribution in [0.15, 0.2) is 24.3 Å². The number of carbonyl (C=O) groups is 3. The molecule has 2 fully saturated rings. The minimum absolute atomic E-state index is 0.0961. The number of piperazine rings is 1. The maximum Gasteiger partial charge on any atom is 0.417 e. The lowest BCUT2D eigenvalue weighted by molar-refractivity contribution is -0.151. The normalized spacial score (nSPS) is 20.2. The third-order valence-electron chi connectivity index (χ3n) is 5.88. The summed E-state index contributed by atoms with van der Waals surface area (Å²) in [4.78, 5) is 42.3. The van der Waals surface area contributed by atoms with Crippen molar-refractivity contribution in [3.63, 3.8) is 0 Å². The van der Waals surface area contributed by atoms with Crippen LogP contribution in [0.5, 0.6) is 0 Å². The van der Waals surface area contributed by atoms with Gasteiger partial charge in [0.25, 0.3) is 5.91 Å². The second-order valence-electron chi connectivity index (χ2n) is 8.04. The maximum absolute atomic E-state index is 13.2. The number of nitrogens with zero attached hydrogens (tertiary/aromatic N) is 3. The summed E-state index contributed by atoms with van der Waals surface area (Å²) >= 11 is 0. The molecule has 0 aromatic heterocycles. The van der Waals surface area contributed by atoms with Crippen molar-refractivity contribution in [3.8, 4) is 0 Å². The molecule has 3 rings (SSSR count). The van der Waals surface area contributed by atoms with E-state index in [4.69, 9.17) is 4.74 Å². The molecule has 1 unspecified atom stereocenters. The molecule has 176 valence electrons. The number of benzene rings is 1. The fourth-order valence-corrected chi connectivity index (χ4v) is 4.14. The van der Waals surface area contributed by atoms with Crippen LogP contribution < -0.4 is 0 Å². The third-order valence-corrected chi connectivity index (χ3v) is 5.88. The molecule has 1 aromatic rings. The molecule has 0 saturated carbocycles. The van der Waals surface area contributed by atoms with Crippen molar-refractivity contribution in [1.29, 1.82) is 0 Å². The van der Waals surface area contributed by atoms with Gasteiger partial charge in [-0.3, -0.25) is 19.3 Å².